The van der Waals surface area contributed by atoms with Crippen molar-refractivity contribution in [2.24, 2.45) is 0 Å². The highest BCUT2D eigenvalue weighted by molar-refractivity contribution is 5.74. The van der Waals surface area contributed by atoms with E-state index in [1.165, 1.54) is 14.0 Å². The molecule has 0 saturated carbocycles. The second kappa shape index (κ2) is 14.2. The molecule has 4 aromatic carbocycles. The minimum absolute atomic E-state index is 0.0527. The van der Waals surface area contributed by atoms with E-state index in [1.807, 2.05) is 36.4 Å². The van der Waals surface area contributed by atoms with Crippen molar-refractivity contribution in [2.45, 2.75) is 45.8 Å². The van der Waals surface area contributed by atoms with Gasteiger partial charge >= 0.3 is 5.97 Å². The quantitative estimate of drug-likeness (QED) is 0.191. The molecular formula is C34H34N2O6. The maximum absolute atomic E-state index is 11.7. The van der Waals surface area contributed by atoms with Gasteiger partial charge in [-0.25, -0.2) is 0 Å². The first-order valence-electron chi connectivity index (χ1n) is 13.5. The van der Waals surface area contributed by atoms with Crippen molar-refractivity contribution in [2.75, 3.05) is 7.11 Å². The van der Waals surface area contributed by atoms with E-state index in [2.05, 4.69) is 36.5 Å². The molecule has 0 aromatic heterocycles. The Labute approximate surface area is 245 Å². The van der Waals surface area contributed by atoms with Crippen LogP contribution in [-0.2, 0) is 24.6 Å². The fraction of sp³-hybridized carbons (Fsp3) is 0.235. The van der Waals surface area contributed by atoms with Crippen molar-refractivity contribution in [1.29, 1.82) is 5.26 Å². The van der Waals surface area contributed by atoms with Crippen LogP contribution in [0.1, 0.15) is 34.7 Å². The van der Waals surface area contributed by atoms with Crippen molar-refractivity contribution >= 4 is 5.97 Å². The van der Waals surface area contributed by atoms with Gasteiger partial charge in [0.15, 0.2) is 0 Å². The van der Waals surface area contributed by atoms with E-state index in [-0.39, 0.29) is 13.2 Å². The summed E-state index contributed by atoms with van der Waals surface area (Å²) in [6.45, 7) is 4.00. The van der Waals surface area contributed by atoms with E-state index in [9.17, 15) is 20.3 Å². The predicted molar refractivity (Wildman–Crippen MR) is 159 cm³/mol. The smallest absolute Gasteiger partial charge is 0.323 e. The largest absolute Gasteiger partial charge is 0.496 e. The van der Waals surface area contributed by atoms with Crippen molar-refractivity contribution in [1.82, 2.24) is 5.32 Å². The number of rotatable bonds is 13. The second-order valence-corrected chi connectivity index (χ2v) is 9.88. The average molecular weight is 567 g/mol. The standard InChI is InChI=1S/C34H34N2O6/c1-22-27(13-8-14-29(22)26-11-5-4-6-12-26)21-41-28-16-31(40-3)30(19-36-33(23(2)37)34(38)39)32(17-28)42-20-25-10-7-9-24(15-25)18-35/h4-17,23,33,36-37H,19-21H2,1-3H3,(H,38,39)/t23-,33-/m1/s1. The molecule has 0 spiro atoms. The molecule has 0 aliphatic heterocycles. The number of ether oxygens (including phenoxy) is 3. The summed E-state index contributed by atoms with van der Waals surface area (Å²) in [5.74, 6) is 0.188. The van der Waals surface area contributed by atoms with Crippen LogP contribution in [0.25, 0.3) is 11.1 Å². The number of hydrogen-bond acceptors (Lipinski definition) is 7. The number of nitrogens with one attached hydrogen (secondary N) is 1. The summed E-state index contributed by atoms with van der Waals surface area (Å²) in [6, 6.07) is 27.8. The Kier molecular flexibility index (Phi) is 10.2. The first kappa shape index (κ1) is 30.1. The Morgan fingerprint density at radius 2 is 1.69 bits per heavy atom. The molecule has 0 heterocycles. The zero-order valence-corrected chi connectivity index (χ0v) is 23.8. The van der Waals surface area contributed by atoms with Gasteiger partial charge in [-0.15, -0.1) is 0 Å². The molecular weight excluding hydrogens is 532 g/mol. The first-order chi connectivity index (χ1) is 20.3. The predicted octanol–water partition coefficient (Wildman–Crippen LogP) is 5.62. The number of aliphatic carboxylic acids is 1. The average Bonchev–Trinajstić information content (AvgIpc) is 3.00. The summed E-state index contributed by atoms with van der Waals surface area (Å²) in [5.41, 5.74) is 6.27. The van der Waals surface area contributed by atoms with Gasteiger partial charge in [0.2, 0.25) is 0 Å². The third-order valence-corrected chi connectivity index (χ3v) is 6.98. The third-order valence-electron chi connectivity index (χ3n) is 6.98. The van der Waals surface area contributed by atoms with Crippen LogP contribution in [0.4, 0.5) is 0 Å². The van der Waals surface area contributed by atoms with Crippen molar-refractivity contribution in [3.05, 3.63) is 113 Å². The highest BCUT2D eigenvalue weighted by Crippen LogP contribution is 2.36. The zero-order valence-electron chi connectivity index (χ0n) is 23.8. The van der Waals surface area contributed by atoms with Crippen LogP contribution in [0, 0.1) is 18.3 Å². The number of carbonyl (C=O) groups is 1. The summed E-state index contributed by atoms with van der Waals surface area (Å²) in [7, 11) is 1.51. The van der Waals surface area contributed by atoms with Gasteiger partial charge < -0.3 is 24.4 Å². The molecule has 0 radical (unpaired) electrons. The van der Waals surface area contributed by atoms with E-state index >= 15 is 0 Å². The van der Waals surface area contributed by atoms with Gasteiger partial charge in [-0.2, -0.15) is 5.26 Å². The van der Waals surface area contributed by atoms with E-state index < -0.39 is 18.1 Å². The van der Waals surface area contributed by atoms with Gasteiger partial charge in [-0.1, -0.05) is 60.7 Å². The number of methoxy groups -OCH3 is 1. The molecule has 3 N–H and O–H groups in total. The lowest BCUT2D eigenvalue weighted by molar-refractivity contribution is -0.142. The molecule has 8 heteroatoms. The third kappa shape index (κ3) is 7.46. The summed E-state index contributed by atoms with van der Waals surface area (Å²) >= 11 is 0. The number of benzene rings is 4. The molecule has 0 saturated heterocycles. The molecule has 2 atom stereocenters. The zero-order chi connectivity index (χ0) is 30.1. The molecule has 8 nitrogen and oxygen atoms in total. The van der Waals surface area contributed by atoms with Gasteiger partial charge in [0.1, 0.15) is 36.5 Å². The Morgan fingerprint density at radius 3 is 2.38 bits per heavy atom. The molecule has 0 unspecified atom stereocenters. The highest BCUT2D eigenvalue weighted by Gasteiger charge is 2.24. The van der Waals surface area contributed by atoms with Gasteiger partial charge in [-0.05, 0) is 53.8 Å². The molecule has 0 amide bonds. The van der Waals surface area contributed by atoms with Crippen molar-refractivity contribution in [3.8, 4) is 34.4 Å². The molecule has 42 heavy (non-hydrogen) atoms. The molecule has 0 aliphatic rings. The summed E-state index contributed by atoms with van der Waals surface area (Å²) in [4.78, 5) is 11.7. The number of carboxylic acid groups (broad SMARTS) is 1. The van der Waals surface area contributed by atoms with Crippen molar-refractivity contribution in [3.63, 3.8) is 0 Å². The minimum Gasteiger partial charge on any atom is -0.496 e. The topological polar surface area (TPSA) is 121 Å². The SMILES string of the molecule is COc1cc(OCc2cccc(-c3ccccc3)c2C)cc(OCc2cccc(C#N)c2)c1CN[C@@H](C(=O)O)[C@@H](C)O. The molecule has 0 aliphatic carbocycles. The summed E-state index contributed by atoms with van der Waals surface area (Å²) in [6.07, 6.45) is -1.12. The number of nitriles is 1. The molecule has 216 valence electrons. The summed E-state index contributed by atoms with van der Waals surface area (Å²) < 4.78 is 18.1. The van der Waals surface area contributed by atoms with Gasteiger partial charge in [0, 0.05) is 18.7 Å². The monoisotopic (exact) mass is 566 g/mol. The molecule has 4 rings (SSSR count). The Morgan fingerprint density at radius 1 is 0.952 bits per heavy atom. The van der Waals surface area contributed by atoms with Crippen LogP contribution in [0.3, 0.4) is 0 Å². The molecule has 4 aromatic rings. The van der Waals surface area contributed by atoms with Crippen LogP contribution in [0.2, 0.25) is 0 Å². The van der Waals surface area contributed by atoms with E-state index in [0.717, 1.165) is 27.8 Å². The van der Waals surface area contributed by atoms with Gasteiger partial charge in [0.25, 0.3) is 0 Å². The second-order valence-electron chi connectivity index (χ2n) is 9.88. The number of aliphatic hydroxyl groups is 1. The van der Waals surface area contributed by atoms with Crippen LogP contribution < -0.4 is 19.5 Å². The maximum Gasteiger partial charge on any atom is 0.323 e. The number of aliphatic hydroxyl groups excluding tert-OH is 1. The molecule has 0 bridgehead atoms. The molecule has 0 fully saturated rings. The normalized spacial score (nSPS) is 12.2. The maximum atomic E-state index is 11.7. The number of nitrogens with zero attached hydrogens (tertiary/aromatic N) is 1. The number of hydrogen-bond donors (Lipinski definition) is 3. The van der Waals surface area contributed by atoms with Crippen LogP contribution in [0.15, 0.2) is 84.9 Å². The number of carboxylic acids is 1. The lowest BCUT2D eigenvalue weighted by Gasteiger charge is -2.21. The van der Waals surface area contributed by atoms with Crippen LogP contribution >= 0.6 is 0 Å². The van der Waals surface area contributed by atoms with E-state index in [0.29, 0.717) is 35.0 Å². The lowest BCUT2D eigenvalue weighted by atomic mass is 9.97. The van der Waals surface area contributed by atoms with Crippen LogP contribution in [-0.4, -0.2) is 35.4 Å². The highest BCUT2D eigenvalue weighted by atomic mass is 16.5. The summed E-state index contributed by atoms with van der Waals surface area (Å²) in [5, 5.41) is 31.6. The van der Waals surface area contributed by atoms with Gasteiger partial charge in [0.05, 0.1) is 30.4 Å². The Balaban J connectivity index is 1.62. The van der Waals surface area contributed by atoms with Gasteiger partial charge in [-0.3, -0.25) is 10.1 Å². The Bertz CT molecular complexity index is 1560. The van der Waals surface area contributed by atoms with Crippen LogP contribution in [0.5, 0.6) is 17.2 Å². The van der Waals surface area contributed by atoms with E-state index in [4.69, 9.17) is 14.2 Å². The Hall–Kier alpha value is -4.84. The lowest BCUT2D eigenvalue weighted by Crippen LogP contribution is -2.44. The first-order valence-corrected chi connectivity index (χ1v) is 13.5. The minimum atomic E-state index is -1.19. The fourth-order valence-corrected chi connectivity index (χ4v) is 4.66. The fourth-order valence-electron chi connectivity index (χ4n) is 4.66. The van der Waals surface area contributed by atoms with Crippen molar-refractivity contribution < 1.29 is 29.2 Å². The van der Waals surface area contributed by atoms with E-state index in [1.54, 1.807) is 30.3 Å².